The molecule has 2 atom stereocenters. The first kappa shape index (κ1) is 25.3. The van der Waals surface area contributed by atoms with E-state index in [4.69, 9.17) is 21.4 Å². The molecule has 3 aromatic carbocycles. The third-order valence-electron chi connectivity index (χ3n) is 6.82. The van der Waals surface area contributed by atoms with Crippen LogP contribution in [-0.2, 0) is 0 Å². The minimum atomic E-state index is -0.421. The molecule has 0 saturated carbocycles. The highest BCUT2D eigenvalue weighted by molar-refractivity contribution is 7.80. The van der Waals surface area contributed by atoms with Gasteiger partial charge in [0.05, 0.1) is 16.7 Å². The Hall–Kier alpha value is -5.02. The summed E-state index contributed by atoms with van der Waals surface area (Å²) in [5, 5.41) is 15.0. The van der Waals surface area contributed by atoms with Crippen molar-refractivity contribution in [1.29, 1.82) is 0 Å². The fourth-order valence-corrected chi connectivity index (χ4v) is 5.15. The highest BCUT2D eigenvalue weighted by Gasteiger charge is 2.42. The van der Waals surface area contributed by atoms with Gasteiger partial charge in [0.2, 0.25) is 0 Å². The van der Waals surface area contributed by atoms with Crippen LogP contribution in [0.1, 0.15) is 29.1 Å². The third kappa shape index (κ3) is 4.90. The van der Waals surface area contributed by atoms with Gasteiger partial charge in [0, 0.05) is 29.6 Å². The van der Waals surface area contributed by atoms with Gasteiger partial charge < -0.3 is 19.4 Å². The summed E-state index contributed by atoms with van der Waals surface area (Å²) < 4.78 is 12.5. The predicted molar refractivity (Wildman–Crippen MR) is 156 cm³/mol. The molecule has 0 amide bonds. The average molecular weight is 549 g/mol. The molecule has 40 heavy (non-hydrogen) atoms. The SMILES string of the molecule is Cc1ccccc1Oc1ccc(N2C(=S)NC(c3ccccn3)C2c2ccc(-c3ccc([N+](=O)[O-])cc3)o2)cc1. The standard InChI is InChI=1S/C31H24N4O4S/c1-20-6-2-3-8-26(20)38-24-15-13-22(14-16-24)34-30(29(33-31(34)40)25-7-4-5-19-32-25)28-18-17-27(39-28)21-9-11-23(12-10-21)35(36)37/h2-19,29-30H,1H3,(H,33,40). The van der Waals surface area contributed by atoms with E-state index in [9.17, 15) is 10.1 Å². The molecule has 1 N–H and O–H groups in total. The number of nitrogens with one attached hydrogen (secondary N) is 1. The number of aryl methyl sites for hydroxylation is 1. The van der Waals surface area contributed by atoms with E-state index >= 15 is 0 Å². The molecule has 0 aliphatic carbocycles. The lowest BCUT2D eigenvalue weighted by atomic mass is 10.0. The van der Waals surface area contributed by atoms with Gasteiger partial charge in [0.25, 0.3) is 5.69 Å². The molecule has 8 nitrogen and oxygen atoms in total. The van der Waals surface area contributed by atoms with Crippen LogP contribution in [0.25, 0.3) is 11.3 Å². The number of non-ortho nitro benzene ring substituents is 1. The van der Waals surface area contributed by atoms with E-state index in [1.165, 1.54) is 12.1 Å². The molecule has 2 aromatic heterocycles. The number of nitro groups is 1. The van der Waals surface area contributed by atoms with Gasteiger partial charge in [-0.3, -0.25) is 15.1 Å². The van der Waals surface area contributed by atoms with Crippen LogP contribution in [0.4, 0.5) is 11.4 Å². The van der Waals surface area contributed by atoms with E-state index in [2.05, 4.69) is 10.3 Å². The van der Waals surface area contributed by atoms with Crippen molar-refractivity contribution in [2.75, 3.05) is 4.90 Å². The summed E-state index contributed by atoms with van der Waals surface area (Å²) in [4.78, 5) is 17.3. The minimum absolute atomic E-state index is 0.0251. The van der Waals surface area contributed by atoms with Gasteiger partial charge in [-0.25, -0.2) is 0 Å². The summed E-state index contributed by atoms with van der Waals surface area (Å²) >= 11 is 5.82. The van der Waals surface area contributed by atoms with E-state index in [0.29, 0.717) is 22.4 Å². The maximum Gasteiger partial charge on any atom is 0.269 e. The number of thiocarbonyl (C=S) groups is 1. The van der Waals surface area contributed by atoms with Crippen LogP contribution >= 0.6 is 12.2 Å². The molecule has 2 unspecified atom stereocenters. The van der Waals surface area contributed by atoms with Gasteiger partial charge in [0.15, 0.2) is 5.11 Å². The molecule has 3 heterocycles. The van der Waals surface area contributed by atoms with Gasteiger partial charge in [0.1, 0.15) is 29.1 Å². The van der Waals surface area contributed by atoms with Crippen LogP contribution in [0.2, 0.25) is 0 Å². The topological polar surface area (TPSA) is 93.7 Å². The van der Waals surface area contributed by atoms with Crippen molar-refractivity contribution in [3.63, 3.8) is 0 Å². The van der Waals surface area contributed by atoms with Crippen LogP contribution in [0.15, 0.2) is 114 Å². The monoisotopic (exact) mass is 548 g/mol. The largest absolute Gasteiger partial charge is 0.459 e. The van der Waals surface area contributed by atoms with Crippen LogP contribution in [0.5, 0.6) is 11.5 Å². The first-order valence-electron chi connectivity index (χ1n) is 12.7. The Kier molecular flexibility index (Phi) is 6.71. The number of ether oxygens (including phenoxy) is 1. The van der Waals surface area contributed by atoms with E-state index in [1.54, 1.807) is 18.3 Å². The molecule has 5 aromatic rings. The number of anilines is 1. The van der Waals surface area contributed by atoms with Crippen LogP contribution in [0, 0.1) is 17.0 Å². The van der Waals surface area contributed by atoms with E-state index in [-0.39, 0.29) is 17.8 Å². The van der Waals surface area contributed by atoms with E-state index in [0.717, 1.165) is 28.3 Å². The molecule has 198 valence electrons. The summed E-state index contributed by atoms with van der Waals surface area (Å²) in [5.74, 6) is 2.80. The molecule has 1 aliphatic rings. The number of nitro benzene ring substituents is 1. The first-order valence-corrected chi connectivity index (χ1v) is 13.1. The first-order chi connectivity index (χ1) is 19.5. The highest BCUT2D eigenvalue weighted by Crippen LogP contribution is 2.43. The van der Waals surface area contributed by atoms with Crippen molar-refractivity contribution in [1.82, 2.24) is 10.3 Å². The number of pyridine rings is 1. The van der Waals surface area contributed by atoms with Gasteiger partial charge >= 0.3 is 0 Å². The fourth-order valence-electron chi connectivity index (χ4n) is 4.81. The third-order valence-corrected chi connectivity index (χ3v) is 7.13. The number of rotatable bonds is 7. The van der Waals surface area contributed by atoms with Gasteiger partial charge in [-0.15, -0.1) is 0 Å². The summed E-state index contributed by atoms with van der Waals surface area (Å²) in [6, 6.07) is 30.9. The summed E-state index contributed by atoms with van der Waals surface area (Å²) in [6.07, 6.45) is 1.75. The van der Waals surface area contributed by atoms with Crippen molar-refractivity contribution < 1.29 is 14.1 Å². The van der Waals surface area contributed by atoms with E-state index in [1.807, 2.05) is 90.7 Å². The fraction of sp³-hybridized carbons (Fsp3) is 0.0968. The summed E-state index contributed by atoms with van der Waals surface area (Å²) in [7, 11) is 0. The number of para-hydroxylation sites is 1. The average Bonchev–Trinajstić information content (AvgIpc) is 3.60. The zero-order valence-corrected chi connectivity index (χ0v) is 22.2. The Labute approximate surface area is 236 Å². The molecular formula is C31H24N4O4S. The summed E-state index contributed by atoms with van der Waals surface area (Å²) in [5.41, 5.74) is 3.51. The molecule has 0 bridgehead atoms. The number of furan rings is 1. The molecule has 1 aliphatic heterocycles. The lowest BCUT2D eigenvalue weighted by molar-refractivity contribution is -0.384. The van der Waals surface area contributed by atoms with Gasteiger partial charge in [-0.2, -0.15) is 0 Å². The number of nitrogens with zero attached hydrogens (tertiary/aromatic N) is 3. The molecule has 0 radical (unpaired) electrons. The molecule has 1 saturated heterocycles. The number of hydrogen-bond acceptors (Lipinski definition) is 6. The maximum atomic E-state index is 11.1. The molecule has 6 rings (SSSR count). The molecule has 9 heteroatoms. The zero-order valence-electron chi connectivity index (χ0n) is 21.4. The van der Waals surface area contributed by atoms with Crippen LogP contribution in [0.3, 0.4) is 0 Å². The molecule has 0 spiro atoms. The van der Waals surface area contributed by atoms with Crippen molar-refractivity contribution in [3.05, 3.63) is 136 Å². The Morgan fingerprint density at radius 1 is 0.950 bits per heavy atom. The number of aromatic nitrogens is 1. The second kappa shape index (κ2) is 10.6. The van der Waals surface area contributed by atoms with Crippen LogP contribution in [-0.4, -0.2) is 15.0 Å². The minimum Gasteiger partial charge on any atom is -0.459 e. The van der Waals surface area contributed by atoms with Crippen LogP contribution < -0.4 is 15.0 Å². The molecule has 1 fully saturated rings. The Bertz CT molecular complexity index is 1670. The highest BCUT2D eigenvalue weighted by atomic mass is 32.1. The van der Waals surface area contributed by atoms with Crippen molar-refractivity contribution in [3.8, 4) is 22.8 Å². The Balaban J connectivity index is 1.34. The van der Waals surface area contributed by atoms with E-state index < -0.39 is 4.92 Å². The number of benzene rings is 3. The smallest absolute Gasteiger partial charge is 0.269 e. The summed E-state index contributed by atoms with van der Waals surface area (Å²) in [6.45, 7) is 2.01. The lowest BCUT2D eigenvalue weighted by Crippen LogP contribution is -2.29. The van der Waals surface area contributed by atoms with Gasteiger partial charge in [-0.1, -0.05) is 24.3 Å². The quantitative estimate of drug-likeness (QED) is 0.127. The maximum absolute atomic E-state index is 11.1. The van der Waals surface area contributed by atoms with Crippen molar-refractivity contribution in [2.24, 2.45) is 0 Å². The normalized spacial score (nSPS) is 16.5. The second-order valence-electron chi connectivity index (χ2n) is 9.36. The second-order valence-corrected chi connectivity index (χ2v) is 9.75. The Morgan fingerprint density at radius 2 is 1.70 bits per heavy atom. The predicted octanol–water partition coefficient (Wildman–Crippen LogP) is 7.53. The van der Waals surface area contributed by atoms with Crippen molar-refractivity contribution in [2.45, 2.75) is 19.0 Å². The Morgan fingerprint density at radius 3 is 2.40 bits per heavy atom. The van der Waals surface area contributed by atoms with Gasteiger partial charge in [-0.05, 0) is 91.4 Å². The zero-order chi connectivity index (χ0) is 27.6. The lowest BCUT2D eigenvalue weighted by Gasteiger charge is -2.26. The number of hydrogen-bond donors (Lipinski definition) is 1. The van der Waals surface area contributed by atoms with Crippen molar-refractivity contribution >= 4 is 28.7 Å². The molecular weight excluding hydrogens is 524 g/mol.